The molecule has 10 N–H and O–H groups in total. The summed E-state index contributed by atoms with van der Waals surface area (Å²) in [4.78, 5) is 20.1. The molecule has 0 heterocycles. The smallest absolute Gasteiger partial charge is 0.269 e. The van der Waals surface area contributed by atoms with Crippen LogP contribution in [0.4, 0.5) is 0 Å². The van der Waals surface area contributed by atoms with Crippen LogP contribution >= 0.6 is 23.2 Å². The Hall–Kier alpha value is -2.92. The molecule has 0 radical (unpaired) electrons. The first kappa shape index (κ1) is 29.1. The number of nitrogens with one attached hydrogen (secondary N) is 1. The molecule has 0 aliphatic heterocycles. The molecule has 34 heavy (non-hydrogen) atoms. The molecule has 0 fully saturated rings. The largest absolute Gasteiger partial charge is 0.490 e. The molecule has 0 spiro atoms. The highest BCUT2D eigenvalue weighted by molar-refractivity contribution is 6.40. The quantitative estimate of drug-likeness (QED) is 0.0630. The second kappa shape index (κ2) is 16.7. The number of halogens is 2. The van der Waals surface area contributed by atoms with Crippen LogP contribution in [0.5, 0.6) is 5.75 Å². The maximum Gasteiger partial charge on any atom is 0.269 e. The van der Waals surface area contributed by atoms with Gasteiger partial charge in [-0.3, -0.25) is 14.8 Å². The number of aliphatic imine (C=N–C) groups is 2. The summed E-state index contributed by atoms with van der Waals surface area (Å²) in [5, 5.41) is 15.8. The predicted molar refractivity (Wildman–Crippen MR) is 137 cm³/mol. The minimum absolute atomic E-state index is 0.0479. The molecule has 1 aromatic rings. The molecule has 11 nitrogen and oxygen atoms in total. The molecule has 0 aromatic heterocycles. The third-order valence-corrected chi connectivity index (χ3v) is 5.13. The van der Waals surface area contributed by atoms with Crippen molar-refractivity contribution in [1.82, 2.24) is 5.32 Å². The van der Waals surface area contributed by atoms with Crippen molar-refractivity contribution < 1.29 is 14.7 Å². The standard InChI is InChI=1S/C21H34Cl2N8O3/c22-15-11-14(12-16(23)18(15)34-10-6-5-9-30-21(26)27)13-17(31-33)19(32)28-7-3-1-2-4-8-29-20(24)25/h11-12,33H,1-10,13H2,(H,28,32)(H4,24,25,29)(H4,26,27,30)/b31-17+. The van der Waals surface area contributed by atoms with Gasteiger partial charge in [0.25, 0.3) is 5.91 Å². The average Bonchev–Trinajstić information content (AvgIpc) is 2.77. The van der Waals surface area contributed by atoms with Crippen LogP contribution in [0.3, 0.4) is 0 Å². The van der Waals surface area contributed by atoms with Gasteiger partial charge in [-0.2, -0.15) is 0 Å². The SMILES string of the molecule is NC(N)=NCCCCCCNC(=O)/C(Cc1cc(Cl)c(OCCCCN=C(N)N)c(Cl)c1)=N/O. The normalized spacial score (nSPS) is 11.1. The van der Waals surface area contributed by atoms with Crippen molar-refractivity contribution in [2.24, 2.45) is 38.1 Å². The summed E-state index contributed by atoms with van der Waals surface area (Å²) in [7, 11) is 0. The van der Waals surface area contributed by atoms with Gasteiger partial charge in [0.1, 0.15) is 5.71 Å². The lowest BCUT2D eigenvalue weighted by Gasteiger charge is -2.12. The molecule has 13 heteroatoms. The first-order valence-electron chi connectivity index (χ1n) is 10.9. The summed E-state index contributed by atoms with van der Waals surface area (Å²) in [5.74, 6) is 0.0268. The van der Waals surface area contributed by atoms with E-state index >= 15 is 0 Å². The maximum absolute atomic E-state index is 12.3. The van der Waals surface area contributed by atoms with Crippen LogP contribution in [0, 0.1) is 0 Å². The molecule has 0 saturated carbocycles. The van der Waals surface area contributed by atoms with E-state index in [0.29, 0.717) is 54.0 Å². The van der Waals surface area contributed by atoms with Gasteiger partial charge in [0.15, 0.2) is 17.7 Å². The Kier molecular flexibility index (Phi) is 14.3. The first-order chi connectivity index (χ1) is 16.2. The van der Waals surface area contributed by atoms with Gasteiger partial charge >= 0.3 is 0 Å². The van der Waals surface area contributed by atoms with E-state index < -0.39 is 5.91 Å². The summed E-state index contributed by atoms with van der Waals surface area (Å²) < 4.78 is 5.67. The van der Waals surface area contributed by atoms with Gasteiger partial charge in [-0.05, 0) is 43.4 Å². The lowest BCUT2D eigenvalue weighted by Crippen LogP contribution is -2.33. The number of guanidine groups is 2. The van der Waals surface area contributed by atoms with Crippen LogP contribution in [0.2, 0.25) is 10.0 Å². The highest BCUT2D eigenvalue weighted by Gasteiger charge is 2.16. The molecule has 0 unspecified atom stereocenters. The van der Waals surface area contributed by atoms with Crippen molar-refractivity contribution in [3.63, 3.8) is 0 Å². The number of hydrogen-bond acceptors (Lipinski definition) is 6. The third kappa shape index (κ3) is 12.4. The van der Waals surface area contributed by atoms with Crippen molar-refractivity contribution >= 4 is 46.7 Å². The number of carbonyl (C=O) groups is 1. The Bertz CT molecular complexity index is 847. The van der Waals surface area contributed by atoms with E-state index in [2.05, 4.69) is 20.5 Å². The first-order valence-corrected chi connectivity index (χ1v) is 11.7. The Balaban J connectivity index is 2.46. The molecule has 190 valence electrons. The van der Waals surface area contributed by atoms with Crippen molar-refractivity contribution in [3.8, 4) is 5.75 Å². The molecule has 0 bridgehead atoms. The number of oxime groups is 1. The third-order valence-electron chi connectivity index (χ3n) is 4.57. The molecule has 1 aromatic carbocycles. The lowest BCUT2D eigenvalue weighted by molar-refractivity contribution is -0.115. The van der Waals surface area contributed by atoms with Gasteiger partial charge in [-0.15, -0.1) is 0 Å². The zero-order chi connectivity index (χ0) is 25.3. The minimum Gasteiger partial charge on any atom is -0.490 e. The molecule has 1 rings (SSSR count). The van der Waals surface area contributed by atoms with E-state index in [9.17, 15) is 10.0 Å². The van der Waals surface area contributed by atoms with E-state index in [-0.39, 0.29) is 24.1 Å². The predicted octanol–water partition coefficient (Wildman–Crippen LogP) is 1.75. The molecule has 0 saturated heterocycles. The van der Waals surface area contributed by atoms with E-state index in [0.717, 1.165) is 32.1 Å². The van der Waals surface area contributed by atoms with Gasteiger partial charge in [-0.25, -0.2) is 0 Å². The fourth-order valence-electron chi connectivity index (χ4n) is 2.91. The number of hydrogen-bond donors (Lipinski definition) is 6. The van der Waals surface area contributed by atoms with E-state index in [1.807, 2.05) is 0 Å². The number of benzene rings is 1. The second-order valence-corrected chi connectivity index (χ2v) is 8.27. The number of ether oxygens (including phenoxy) is 1. The Morgan fingerprint density at radius 2 is 1.47 bits per heavy atom. The van der Waals surface area contributed by atoms with E-state index in [1.165, 1.54) is 0 Å². The van der Waals surface area contributed by atoms with Crippen LogP contribution in [0.25, 0.3) is 0 Å². The summed E-state index contributed by atoms with van der Waals surface area (Å²) in [6, 6.07) is 3.24. The maximum atomic E-state index is 12.3. The Labute approximate surface area is 209 Å². The molecule has 0 atom stereocenters. The van der Waals surface area contributed by atoms with Crippen LogP contribution in [0.1, 0.15) is 44.1 Å². The fraction of sp³-hybridized carbons (Fsp3) is 0.524. The minimum atomic E-state index is -0.462. The van der Waals surface area contributed by atoms with Crippen molar-refractivity contribution in [2.45, 2.75) is 44.9 Å². The monoisotopic (exact) mass is 516 g/mol. The number of unbranched alkanes of at least 4 members (excludes halogenated alkanes) is 4. The zero-order valence-electron chi connectivity index (χ0n) is 19.1. The van der Waals surface area contributed by atoms with Gasteiger partial charge in [0.05, 0.1) is 16.7 Å². The van der Waals surface area contributed by atoms with Gasteiger partial charge < -0.3 is 38.2 Å². The van der Waals surface area contributed by atoms with Crippen LogP contribution in [0.15, 0.2) is 27.3 Å². The number of rotatable bonds is 16. The van der Waals surface area contributed by atoms with Crippen LogP contribution < -0.4 is 33.0 Å². The molecular weight excluding hydrogens is 483 g/mol. The molecule has 0 aliphatic carbocycles. The molecular formula is C21H34Cl2N8O3. The van der Waals surface area contributed by atoms with Gasteiger partial charge in [0.2, 0.25) is 0 Å². The van der Waals surface area contributed by atoms with Crippen molar-refractivity contribution in [2.75, 3.05) is 26.2 Å². The fourth-order valence-corrected chi connectivity index (χ4v) is 3.55. The topological polar surface area (TPSA) is 200 Å². The molecule has 1 amide bonds. The summed E-state index contributed by atoms with van der Waals surface area (Å²) >= 11 is 12.6. The highest BCUT2D eigenvalue weighted by atomic mass is 35.5. The molecule has 0 aliphatic rings. The van der Waals surface area contributed by atoms with Crippen molar-refractivity contribution in [1.29, 1.82) is 0 Å². The van der Waals surface area contributed by atoms with E-state index in [1.54, 1.807) is 12.1 Å². The van der Waals surface area contributed by atoms with Gasteiger partial charge in [-0.1, -0.05) is 41.2 Å². The number of nitrogens with two attached hydrogens (primary N) is 4. The number of carbonyl (C=O) groups excluding carboxylic acids is 1. The summed E-state index contributed by atoms with van der Waals surface area (Å²) in [6.45, 7) is 1.94. The Morgan fingerprint density at radius 1 is 0.912 bits per heavy atom. The number of amides is 1. The Morgan fingerprint density at radius 3 is 2.03 bits per heavy atom. The zero-order valence-corrected chi connectivity index (χ0v) is 20.6. The van der Waals surface area contributed by atoms with Gasteiger partial charge in [0, 0.05) is 26.1 Å². The second-order valence-electron chi connectivity index (χ2n) is 7.45. The highest BCUT2D eigenvalue weighted by Crippen LogP contribution is 2.34. The lowest BCUT2D eigenvalue weighted by atomic mass is 10.1. The summed E-state index contributed by atoms with van der Waals surface area (Å²) in [5.41, 5.74) is 21.6. The van der Waals surface area contributed by atoms with Crippen LogP contribution in [-0.2, 0) is 11.2 Å². The number of nitrogens with zero attached hydrogens (tertiary/aromatic N) is 3. The average molecular weight is 517 g/mol. The van der Waals surface area contributed by atoms with E-state index in [4.69, 9.17) is 50.9 Å². The van der Waals surface area contributed by atoms with Crippen molar-refractivity contribution in [3.05, 3.63) is 27.7 Å². The van der Waals surface area contributed by atoms with Crippen LogP contribution in [-0.4, -0.2) is 55.0 Å². The summed E-state index contributed by atoms with van der Waals surface area (Å²) in [6.07, 6.45) is 5.01.